The summed E-state index contributed by atoms with van der Waals surface area (Å²) in [7, 11) is -3.60. The molecule has 2 aromatic rings. The fourth-order valence-corrected chi connectivity index (χ4v) is 5.95. The van der Waals surface area contributed by atoms with E-state index in [4.69, 9.17) is 4.84 Å². The highest BCUT2D eigenvalue weighted by Crippen LogP contribution is 2.31. The van der Waals surface area contributed by atoms with Gasteiger partial charge in [0.1, 0.15) is 0 Å². The molecule has 0 radical (unpaired) electrons. The van der Waals surface area contributed by atoms with Gasteiger partial charge in [-0.1, -0.05) is 36.4 Å². The van der Waals surface area contributed by atoms with Gasteiger partial charge in [-0.05, 0) is 68.4 Å². The molecule has 0 bridgehead atoms. The third-order valence-electron chi connectivity index (χ3n) is 5.97. The quantitative estimate of drug-likeness (QED) is 0.711. The van der Waals surface area contributed by atoms with Gasteiger partial charge in [0.2, 0.25) is 15.9 Å². The summed E-state index contributed by atoms with van der Waals surface area (Å²) < 4.78 is 28.2. The molecule has 0 aromatic heterocycles. The Labute approximate surface area is 179 Å². The van der Waals surface area contributed by atoms with Crippen molar-refractivity contribution in [3.05, 3.63) is 64.2 Å². The smallest absolute Gasteiger partial charge is 0.246 e. The van der Waals surface area contributed by atoms with Crippen LogP contribution in [0.5, 0.6) is 0 Å². The van der Waals surface area contributed by atoms with Crippen LogP contribution < -0.4 is 5.48 Å². The molecule has 0 unspecified atom stereocenters. The third-order valence-corrected chi connectivity index (χ3v) is 8.15. The number of carbonyl (C=O) groups excluding carboxylic acids is 1. The van der Waals surface area contributed by atoms with Gasteiger partial charge in [0.25, 0.3) is 0 Å². The number of hydroxylamine groups is 1. The maximum Gasteiger partial charge on any atom is 0.246 e. The largest absolute Gasteiger partial charge is 0.272 e. The lowest BCUT2D eigenvalue weighted by atomic mass is 9.98. The number of hydrogen-bond acceptors (Lipinski definition) is 4. The topological polar surface area (TPSA) is 75.7 Å². The first-order valence-electron chi connectivity index (χ1n) is 10.2. The van der Waals surface area contributed by atoms with Crippen molar-refractivity contribution >= 4 is 15.9 Å². The molecule has 162 valence electrons. The molecule has 0 aliphatic carbocycles. The summed E-state index contributed by atoms with van der Waals surface area (Å²) in [5.41, 5.74) is 7.03. The summed E-state index contributed by atoms with van der Waals surface area (Å²) >= 11 is 0. The molecule has 3 rings (SSSR count). The van der Waals surface area contributed by atoms with E-state index in [1.807, 2.05) is 64.1 Å². The molecule has 1 aliphatic rings. The van der Waals surface area contributed by atoms with Crippen molar-refractivity contribution in [1.29, 1.82) is 0 Å². The summed E-state index contributed by atoms with van der Waals surface area (Å²) in [6.45, 7) is 8.54. The monoisotopic (exact) mass is 430 g/mol. The van der Waals surface area contributed by atoms with Crippen LogP contribution in [-0.2, 0) is 26.3 Å². The summed E-state index contributed by atoms with van der Waals surface area (Å²) in [6.07, 6.45) is 0.950. The van der Waals surface area contributed by atoms with E-state index < -0.39 is 10.0 Å². The lowest BCUT2D eigenvalue weighted by Crippen LogP contribution is -2.43. The molecule has 1 N–H and O–H groups in total. The van der Waals surface area contributed by atoms with E-state index in [2.05, 4.69) is 5.48 Å². The molecule has 7 heteroatoms. The first kappa shape index (κ1) is 22.5. The van der Waals surface area contributed by atoms with Gasteiger partial charge in [-0.15, -0.1) is 0 Å². The van der Waals surface area contributed by atoms with Gasteiger partial charge in [-0.25, -0.2) is 13.9 Å². The molecule has 1 fully saturated rings. The number of sulfonamides is 1. The number of piperidine rings is 1. The van der Waals surface area contributed by atoms with Crippen LogP contribution in [0.3, 0.4) is 0 Å². The van der Waals surface area contributed by atoms with Crippen molar-refractivity contribution < 1.29 is 18.0 Å². The van der Waals surface area contributed by atoms with E-state index in [1.54, 1.807) is 0 Å². The molecule has 1 amide bonds. The molecule has 2 aromatic carbocycles. The van der Waals surface area contributed by atoms with Gasteiger partial charge in [0.05, 0.1) is 11.5 Å². The Morgan fingerprint density at radius 1 is 1.03 bits per heavy atom. The second-order valence-electron chi connectivity index (χ2n) is 8.01. The maximum atomic E-state index is 13.3. The predicted octanol–water partition coefficient (Wildman–Crippen LogP) is 3.57. The fourth-order valence-electron chi connectivity index (χ4n) is 3.90. The summed E-state index contributed by atoms with van der Waals surface area (Å²) in [5, 5.41) is 0. The van der Waals surface area contributed by atoms with Crippen molar-refractivity contribution in [2.24, 2.45) is 5.92 Å². The van der Waals surface area contributed by atoms with E-state index in [0.29, 0.717) is 37.4 Å². The van der Waals surface area contributed by atoms with Gasteiger partial charge in [-0.3, -0.25) is 9.63 Å². The molecule has 0 saturated carbocycles. The Kier molecular flexibility index (Phi) is 6.95. The van der Waals surface area contributed by atoms with E-state index in [-0.39, 0.29) is 11.8 Å². The molecule has 0 atom stereocenters. The SMILES string of the molecule is Cc1cc(C)c(C)c(S(=O)(=O)N2CCC(C(=O)NOCc3ccccc3)CC2)c1C. The number of aryl methyl sites for hydroxylation is 2. The second-order valence-corrected chi connectivity index (χ2v) is 9.88. The summed E-state index contributed by atoms with van der Waals surface area (Å²) in [6, 6.07) is 11.6. The first-order chi connectivity index (χ1) is 14.2. The maximum absolute atomic E-state index is 13.3. The molecular weight excluding hydrogens is 400 g/mol. The van der Waals surface area contributed by atoms with E-state index in [9.17, 15) is 13.2 Å². The first-order valence-corrected chi connectivity index (χ1v) is 11.7. The third kappa shape index (κ3) is 4.74. The van der Waals surface area contributed by atoms with Gasteiger partial charge >= 0.3 is 0 Å². The lowest BCUT2D eigenvalue weighted by molar-refractivity contribution is -0.140. The minimum atomic E-state index is -3.60. The van der Waals surface area contributed by atoms with Crippen LogP contribution in [0, 0.1) is 33.6 Å². The standard InChI is InChI=1S/C23H30N2O4S/c1-16-14-17(2)19(4)22(18(16)3)30(27,28)25-12-10-21(11-13-25)23(26)24-29-15-20-8-6-5-7-9-20/h5-9,14,21H,10-13,15H2,1-4H3,(H,24,26). The van der Waals surface area contributed by atoms with Gasteiger partial charge in [-0.2, -0.15) is 4.31 Å². The van der Waals surface area contributed by atoms with Crippen LogP contribution in [-0.4, -0.2) is 31.7 Å². The van der Waals surface area contributed by atoms with E-state index >= 15 is 0 Å². The predicted molar refractivity (Wildman–Crippen MR) is 116 cm³/mol. The molecule has 0 spiro atoms. The Bertz CT molecular complexity index is 985. The zero-order valence-corrected chi connectivity index (χ0v) is 18.9. The average Bonchev–Trinajstić information content (AvgIpc) is 2.73. The van der Waals surface area contributed by atoms with Crippen molar-refractivity contribution in [3.63, 3.8) is 0 Å². The van der Waals surface area contributed by atoms with Crippen molar-refractivity contribution in [2.75, 3.05) is 13.1 Å². The Morgan fingerprint density at radius 3 is 2.17 bits per heavy atom. The zero-order chi connectivity index (χ0) is 21.9. The van der Waals surface area contributed by atoms with Crippen molar-refractivity contribution in [2.45, 2.75) is 52.0 Å². The van der Waals surface area contributed by atoms with Crippen LogP contribution in [0.25, 0.3) is 0 Å². The van der Waals surface area contributed by atoms with E-state index in [0.717, 1.165) is 27.8 Å². The second kappa shape index (κ2) is 9.29. The van der Waals surface area contributed by atoms with E-state index in [1.165, 1.54) is 4.31 Å². The molecule has 30 heavy (non-hydrogen) atoms. The summed E-state index contributed by atoms with van der Waals surface area (Å²) in [5.74, 6) is -0.449. The highest BCUT2D eigenvalue weighted by atomic mass is 32.2. The van der Waals surface area contributed by atoms with Gasteiger partial charge in [0, 0.05) is 19.0 Å². The highest BCUT2D eigenvalue weighted by Gasteiger charge is 2.34. The molecular formula is C23H30N2O4S. The molecule has 1 saturated heterocycles. The fraction of sp³-hybridized carbons (Fsp3) is 0.435. The highest BCUT2D eigenvalue weighted by molar-refractivity contribution is 7.89. The Morgan fingerprint density at radius 2 is 1.60 bits per heavy atom. The van der Waals surface area contributed by atoms with Crippen molar-refractivity contribution in [3.8, 4) is 0 Å². The summed E-state index contributed by atoms with van der Waals surface area (Å²) in [4.78, 5) is 18.1. The number of carbonyl (C=O) groups is 1. The lowest BCUT2D eigenvalue weighted by Gasteiger charge is -2.31. The minimum Gasteiger partial charge on any atom is -0.272 e. The molecule has 6 nitrogen and oxygen atoms in total. The normalized spacial score (nSPS) is 15.9. The number of benzene rings is 2. The van der Waals surface area contributed by atoms with Crippen LogP contribution in [0.2, 0.25) is 0 Å². The number of amides is 1. The van der Waals surface area contributed by atoms with Crippen LogP contribution in [0.15, 0.2) is 41.3 Å². The van der Waals surface area contributed by atoms with Crippen LogP contribution in [0.1, 0.15) is 40.7 Å². The Hall–Kier alpha value is -2.22. The van der Waals surface area contributed by atoms with Gasteiger partial charge < -0.3 is 0 Å². The number of nitrogens with zero attached hydrogens (tertiary/aromatic N) is 1. The van der Waals surface area contributed by atoms with Crippen LogP contribution >= 0.6 is 0 Å². The number of nitrogens with one attached hydrogen (secondary N) is 1. The number of hydrogen-bond donors (Lipinski definition) is 1. The zero-order valence-electron chi connectivity index (χ0n) is 18.1. The Balaban J connectivity index is 1.60. The number of rotatable bonds is 6. The van der Waals surface area contributed by atoms with Gasteiger partial charge in [0.15, 0.2) is 0 Å². The minimum absolute atomic E-state index is 0.193. The molecule has 1 aliphatic heterocycles. The molecule has 1 heterocycles. The van der Waals surface area contributed by atoms with Crippen molar-refractivity contribution in [1.82, 2.24) is 9.79 Å². The average molecular weight is 431 g/mol. The van der Waals surface area contributed by atoms with Crippen LogP contribution in [0.4, 0.5) is 0 Å².